The first kappa shape index (κ1) is 94.1. The average Bonchev–Trinajstić information content (AvgIpc) is 1.56. The van der Waals surface area contributed by atoms with Gasteiger partial charge in [0.1, 0.15) is 28.2 Å². The van der Waals surface area contributed by atoms with Gasteiger partial charge in [0.05, 0.1) is 81.7 Å². The first-order valence-electron chi connectivity index (χ1n) is 46.9. The van der Waals surface area contributed by atoms with Gasteiger partial charge in [-0.25, -0.2) is 23.6 Å². The summed E-state index contributed by atoms with van der Waals surface area (Å²) in [7, 11) is 0. The molecule has 137 heavy (non-hydrogen) atoms. The van der Waals surface area contributed by atoms with Crippen molar-refractivity contribution in [2.75, 3.05) is 52.4 Å². The molecule has 30 heteroatoms. The fourth-order valence-electron chi connectivity index (χ4n) is 20.6. The van der Waals surface area contributed by atoms with Crippen LogP contribution >= 0.6 is 58.0 Å². The van der Waals surface area contributed by atoms with Crippen LogP contribution in [0.3, 0.4) is 0 Å². The highest BCUT2D eigenvalue weighted by Crippen LogP contribution is 2.47. The van der Waals surface area contributed by atoms with Gasteiger partial charge in [0.15, 0.2) is 0 Å². The number of hydrogen-bond donors (Lipinski definition) is 5. The number of H-pyrrole nitrogens is 1. The molecule has 1 saturated carbocycles. The second-order valence-corrected chi connectivity index (χ2v) is 40.5. The molecule has 0 bridgehead atoms. The van der Waals surface area contributed by atoms with Crippen molar-refractivity contribution in [2.45, 2.75) is 184 Å². The van der Waals surface area contributed by atoms with Crippen LogP contribution in [0.25, 0.3) is 54.7 Å². The van der Waals surface area contributed by atoms with Crippen molar-refractivity contribution < 1.29 is 63.3 Å². The molecule has 4 spiro atoms. The van der Waals surface area contributed by atoms with Gasteiger partial charge in [0.25, 0.3) is 0 Å². The summed E-state index contributed by atoms with van der Waals surface area (Å²) in [5, 5.41) is 62.2. The number of piperidine rings is 4. The summed E-state index contributed by atoms with van der Waals surface area (Å²) < 4.78 is 20.3. The third-order valence-electron chi connectivity index (χ3n) is 28.7. The van der Waals surface area contributed by atoms with Gasteiger partial charge in [0.2, 0.25) is 0 Å². The first-order valence-corrected chi connectivity index (χ1v) is 48.7. The molecule has 9 aromatic carbocycles. The summed E-state index contributed by atoms with van der Waals surface area (Å²) in [5.41, 5.74) is 18.6. The summed E-state index contributed by atoms with van der Waals surface area (Å²) in [4.78, 5) is 81.5. The van der Waals surface area contributed by atoms with Crippen molar-refractivity contribution in [2.24, 2.45) is 20.6 Å². The molecule has 12 heterocycles. The number of rotatable bonds is 20. The van der Waals surface area contributed by atoms with Gasteiger partial charge < -0.3 is 58.5 Å². The number of nitrogens with one attached hydrogen (secondary N) is 1. The Morgan fingerprint density at radius 1 is 0.401 bits per heavy atom. The quantitative estimate of drug-likeness (QED) is 0.0474. The molecule has 4 aromatic heterocycles. The highest BCUT2D eigenvalue weighted by molar-refractivity contribution is 6.40. The van der Waals surface area contributed by atoms with E-state index in [1.54, 1.807) is 72.8 Å². The number of carboxylic acids is 4. The van der Waals surface area contributed by atoms with E-state index in [4.69, 9.17) is 97.8 Å². The zero-order chi connectivity index (χ0) is 95.3. The molecule has 0 radical (unpaired) electrons. The molecule has 13 aromatic rings. The highest BCUT2D eigenvalue weighted by Gasteiger charge is 2.47. The number of carbonyl (C=O) groups is 4. The van der Waals surface area contributed by atoms with Gasteiger partial charge in [-0.05, 0) is 199 Å². The van der Waals surface area contributed by atoms with Crippen molar-refractivity contribution in [1.82, 2.24) is 38.3 Å². The largest absolute Gasteiger partial charge is 0.478 e. The van der Waals surface area contributed by atoms with Gasteiger partial charge in [-0.1, -0.05) is 157 Å². The van der Waals surface area contributed by atoms with E-state index in [1.165, 1.54) is 58.0 Å². The molecule has 5 fully saturated rings. The fourth-order valence-corrected chi connectivity index (χ4v) is 22.0. The summed E-state index contributed by atoms with van der Waals surface area (Å²) in [6, 6.07) is 55.4. The van der Waals surface area contributed by atoms with Gasteiger partial charge in [0, 0.05) is 231 Å². The van der Waals surface area contributed by atoms with E-state index in [-0.39, 0.29) is 50.5 Å². The minimum absolute atomic E-state index is 0.235. The van der Waals surface area contributed by atoms with Crippen LogP contribution in [0.1, 0.15) is 222 Å². The molecule has 708 valence electrons. The van der Waals surface area contributed by atoms with Crippen LogP contribution < -0.4 is 0 Å². The van der Waals surface area contributed by atoms with Crippen LogP contribution in [0, 0.1) is 5.82 Å². The number of carboxylic acid groups (broad SMARTS) is 4. The monoisotopic (exact) mass is 1940 g/mol. The minimum atomic E-state index is -0.935. The second kappa shape index (κ2) is 39.2. The molecule has 4 saturated heterocycles. The van der Waals surface area contributed by atoms with Crippen molar-refractivity contribution >= 4 is 148 Å². The van der Waals surface area contributed by atoms with E-state index in [0.29, 0.717) is 28.2 Å². The highest BCUT2D eigenvalue weighted by atomic mass is 35.5. The lowest BCUT2D eigenvalue weighted by Gasteiger charge is -2.37. The Labute approximate surface area is 817 Å². The van der Waals surface area contributed by atoms with Crippen LogP contribution in [-0.4, -0.2) is 180 Å². The SMILES string of the molecule is CC(C)n1cc(CN2CCC3(CC2)CC(c2ccc(C(=O)O)cc2)=NO3)c2cc(Cl)cc(Cl)c21.CC(C)n1ccc2c(CN3CCC4(CC3)CC(c3ccc(C(=O)O)cc3)=NO4)ccc(Cl)c21.O=C(O)c1ccc(C2=NOC3(CCN(Cc4c[nH]c5cccc(-c6ccc(F)cc6)c45)CC3)C2)cc1.O=C(O)c1ccc(C2=NOC3(CCN(Cc4cn(C5CC5)c5c(Cl)ccc(Cl)c45)CC3)C2)cc1. The lowest BCUT2D eigenvalue weighted by Crippen LogP contribution is -2.44. The Hall–Kier alpha value is -11.9. The molecule has 0 amide bonds. The van der Waals surface area contributed by atoms with Crippen molar-refractivity contribution in [3.8, 4) is 11.1 Å². The number of aromatic carboxylic acids is 4. The van der Waals surface area contributed by atoms with E-state index in [1.807, 2.05) is 72.8 Å². The topological polar surface area (TPSA) is 279 Å². The van der Waals surface area contributed by atoms with Crippen LogP contribution in [0.4, 0.5) is 4.39 Å². The Balaban J connectivity index is 0.000000117. The zero-order valence-corrected chi connectivity index (χ0v) is 80.3. The number of aromatic nitrogens is 4. The van der Waals surface area contributed by atoms with Gasteiger partial charge in [-0.3, -0.25) is 19.6 Å². The third-order valence-corrected chi connectivity index (χ3v) is 30.1. The van der Waals surface area contributed by atoms with E-state index in [0.717, 1.165) is 260 Å². The van der Waals surface area contributed by atoms with Crippen molar-refractivity contribution in [3.05, 3.63) is 304 Å². The maximum Gasteiger partial charge on any atom is 0.335 e. The van der Waals surface area contributed by atoms with Crippen LogP contribution in [-0.2, 0) is 45.5 Å². The van der Waals surface area contributed by atoms with E-state index in [9.17, 15) is 23.6 Å². The number of halogens is 6. The van der Waals surface area contributed by atoms with Crippen LogP contribution in [0.2, 0.25) is 25.1 Å². The fraction of sp³-hybridized carbons (Fsp3) is 0.346. The van der Waals surface area contributed by atoms with Gasteiger partial charge >= 0.3 is 23.9 Å². The van der Waals surface area contributed by atoms with Crippen molar-refractivity contribution in [3.63, 3.8) is 0 Å². The number of hydrogen-bond acceptors (Lipinski definition) is 16. The Morgan fingerprint density at radius 3 is 1.20 bits per heavy atom. The molecule has 0 atom stereocenters. The lowest BCUT2D eigenvalue weighted by molar-refractivity contribution is -0.0628. The molecular formula is C107H106Cl5FN12O12. The van der Waals surface area contributed by atoms with Gasteiger partial charge in [-0.2, -0.15) is 0 Å². The smallest absolute Gasteiger partial charge is 0.335 e. The molecule has 1 aliphatic carbocycles. The molecular weight excluding hydrogens is 1840 g/mol. The number of oxime groups is 4. The molecule has 24 nitrogen and oxygen atoms in total. The van der Waals surface area contributed by atoms with E-state index >= 15 is 0 Å². The molecule has 0 unspecified atom stereocenters. The lowest BCUT2D eigenvalue weighted by atomic mass is 9.85. The summed E-state index contributed by atoms with van der Waals surface area (Å²) in [6.45, 7) is 19.3. The number of benzene rings is 9. The Morgan fingerprint density at radius 2 is 0.781 bits per heavy atom. The van der Waals surface area contributed by atoms with E-state index in [2.05, 4.69) is 136 Å². The number of fused-ring (bicyclic) bond motifs is 4. The Kier molecular flexibility index (Phi) is 26.9. The molecule has 8 aliphatic heterocycles. The normalized spacial score (nSPS) is 18.3. The van der Waals surface area contributed by atoms with E-state index < -0.39 is 23.9 Å². The average molecular weight is 1950 g/mol. The van der Waals surface area contributed by atoms with Crippen LogP contribution in [0.15, 0.2) is 227 Å². The predicted molar refractivity (Wildman–Crippen MR) is 535 cm³/mol. The third kappa shape index (κ3) is 20.1. The predicted octanol–water partition coefficient (Wildman–Crippen LogP) is 24.1. The first-order chi connectivity index (χ1) is 66.0. The molecule has 5 N–H and O–H groups in total. The number of nitrogens with zero attached hydrogens (tertiary/aromatic N) is 11. The zero-order valence-electron chi connectivity index (χ0n) is 76.5. The molecule has 22 rings (SSSR count). The van der Waals surface area contributed by atoms with Crippen molar-refractivity contribution in [1.29, 1.82) is 0 Å². The standard InChI is InChI=1S/C29H26FN3O3.C26H25Cl2N3O3.C26H27Cl2N3O3.C26H28ClN3O3/c30-23-10-8-19(9-11-23)24-2-1-3-25-27(24)22(17-31-25)18-33-14-12-29(13-15-33)16-26(32-36-29)20-4-6-21(7-5-20)28(34)35;27-20-7-8-21(28)24-23(20)18(15-31(24)19-5-6-19)14-30-11-9-26(10-12-30)13-22(29-34-26)16-1-3-17(4-2-16)25(32)33;1-16(2)31-15-19(21-11-20(27)12-22(28)24(21)31)14-30-9-7-26(8-10-30)13-23(29-34-26)17-3-5-18(6-4-17)25(32)33;1-17(2)30-12-9-21-20(7-8-22(27)24(21)30)16-29-13-10-26(11-14-29)15-23(28-33-26)18-3-5-19(6-4-18)25(31)32/h1-11,17,31H,12-16,18H2,(H,34,35);1-4,7-8,15,19H,5-6,9-14H2,(H,32,33);3-6,11-12,15-16H,7-10,13-14H2,1-2H3,(H,32,33);3-9,12,17H,10-11,13-16H2,1-2H3,(H,31,32). The van der Waals surface area contributed by atoms with Crippen LogP contribution in [0.5, 0.6) is 0 Å². The molecule has 9 aliphatic rings. The maximum absolute atomic E-state index is 13.5. The number of likely N-dealkylation sites (tertiary alicyclic amines) is 4. The Bertz CT molecular complexity index is 6890. The summed E-state index contributed by atoms with van der Waals surface area (Å²) in [5.74, 6) is -3.95. The summed E-state index contributed by atoms with van der Waals surface area (Å²) >= 11 is 32.6. The minimum Gasteiger partial charge on any atom is -0.478 e. The van der Waals surface area contributed by atoms with Gasteiger partial charge in [-0.15, -0.1) is 0 Å². The maximum atomic E-state index is 13.5. The second-order valence-electron chi connectivity index (χ2n) is 38.4. The summed E-state index contributed by atoms with van der Waals surface area (Å²) in [6.07, 6.45) is 21.2. The number of aromatic amines is 1.